The zero-order valence-electron chi connectivity index (χ0n) is 15.7. The number of carbonyl (C=O) groups excluding carboxylic acids is 2. The van der Waals surface area contributed by atoms with Crippen molar-refractivity contribution in [2.75, 3.05) is 12.4 Å². The third kappa shape index (κ3) is 2.86. The van der Waals surface area contributed by atoms with E-state index in [0.717, 1.165) is 39.3 Å². The predicted octanol–water partition coefficient (Wildman–Crippen LogP) is 3.91. The standard InChI is InChI=1S/C21H23N3O2/c1-6-11(2)14-7-8-17-15(9-14)16(20(25)24-17)10-18-12(3)19(13(4)23-18)21(26)22-5/h6-10,23H,1-5H3,(H,22,26)(H,24,25)/b11-6+,16-10-. The third-order valence-electron chi connectivity index (χ3n) is 4.91. The number of allylic oxidation sites excluding steroid dienone is 2. The number of carbonyl (C=O) groups is 2. The zero-order valence-corrected chi connectivity index (χ0v) is 15.7. The molecule has 2 amide bonds. The highest BCUT2D eigenvalue weighted by Crippen LogP contribution is 2.35. The van der Waals surface area contributed by atoms with Crippen LogP contribution in [0.2, 0.25) is 0 Å². The second kappa shape index (κ2) is 6.67. The molecule has 1 aliphatic heterocycles. The van der Waals surface area contributed by atoms with Gasteiger partial charge in [-0.1, -0.05) is 12.1 Å². The van der Waals surface area contributed by atoms with Gasteiger partial charge in [0.15, 0.2) is 0 Å². The number of fused-ring (bicyclic) bond motifs is 1. The van der Waals surface area contributed by atoms with Gasteiger partial charge in [0.2, 0.25) is 0 Å². The van der Waals surface area contributed by atoms with E-state index in [1.54, 1.807) is 7.05 Å². The van der Waals surface area contributed by atoms with E-state index in [2.05, 4.69) is 15.6 Å². The topological polar surface area (TPSA) is 74.0 Å². The third-order valence-corrected chi connectivity index (χ3v) is 4.91. The summed E-state index contributed by atoms with van der Waals surface area (Å²) in [5.74, 6) is -0.272. The SMILES string of the molecule is C/C=C(\C)c1ccc2c(c1)/C(=C/c1[nH]c(C)c(C(=O)NC)c1C)C(=O)N2. The molecule has 0 radical (unpaired) electrons. The number of aromatic nitrogens is 1. The molecule has 0 fully saturated rings. The summed E-state index contributed by atoms with van der Waals surface area (Å²) in [6, 6.07) is 5.96. The molecule has 1 aliphatic rings. The Labute approximate surface area is 153 Å². The molecule has 5 heteroatoms. The van der Waals surface area contributed by atoms with Crippen molar-refractivity contribution < 1.29 is 9.59 Å². The Hall–Kier alpha value is -3.08. The smallest absolute Gasteiger partial charge is 0.256 e. The quantitative estimate of drug-likeness (QED) is 0.735. The highest BCUT2D eigenvalue weighted by Gasteiger charge is 2.26. The van der Waals surface area contributed by atoms with Gasteiger partial charge in [-0.15, -0.1) is 0 Å². The summed E-state index contributed by atoms with van der Waals surface area (Å²) in [6.45, 7) is 7.78. The van der Waals surface area contributed by atoms with Crippen LogP contribution in [0.15, 0.2) is 24.3 Å². The lowest BCUT2D eigenvalue weighted by atomic mass is 9.99. The van der Waals surface area contributed by atoms with E-state index in [1.807, 2.05) is 58.0 Å². The lowest BCUT2D eigenvalue weighted by molar-refractivity contribution is -0.110. The van der Waals surface area contributed by atoms with Crippen LogP contribution in [0.3, 0.4) is 0 Å². The molecule has 26 heavy (non-hydrogen) atoms. The van der Waals surface area contributed by atoms with Gasteiger partial charge in [0.05, 0.1) is 11.1 Å². The summed E-state index contributed by atoms with van der Waals surface area (Å²) < 4.78 is 0. The fraction of sp³-hybridized carbons (Fsp3) is 0.238. The van der Waals surface area contributed by atoms with Crippen LogP contribution in [0.25, 0.3) is 17.2 Å². The van der Waals surface area contributed by atoms with Crippen LogP contribution >= 0.6 is 0 Å². The minimum atomic E-state index is -0.136. The van der Waals surface area contributed by atoms with Gasteiger partial charge in [-0.3, -0.25) is 9.59 Å². The summed E-state index contributed by atoms with van der Waals surface area (Å²) in [5.41, 5.74) is 7.52. The molecule has 0 bridgehead atoms. The van der Waals surface area contributed by atoms with Crippen molar-refractivity contribution in [3.8, 4) is 0 Å². The van der Waals surface area contributed by atoms with E-state index in [-0.39, 0.29) is 11.8 Å². The largest absolute Gasteiger partial charge is 0.358 e. The summed E-state index contributed by atoms with van der Waals surface area (Å²) in [4.78, 5) is 27.8. The van der Waals surface area contributed by atoms with Gasteiger partial charge in [-0.2, -0.15) is 0 Å². The highest BCUT2D eigenvalue weighted by atomic mass is 16.2. The lowest BCUT2D eigenvalue weighted by Crippen LogP contribution is -2.19. The number of benzene rings is 1. The van der Waals surface area contributed by atoms with E-state index in [0.29, 0.717) is 11.1 Å². The van der Waals surface area contributed by atoms with Crippen molar-refractivity contribution >= 4 is 34.7 Å². The van der Waals surface area contributed by atoms with Crippen LogP contribution in [-0.2, 0) is 4.79 Å². The molecule has 2 aromatic rings. The Kier molecular flexibility index (Phi) is 4.55. The lowest BCUT2D eigenvalue weighted by Gasteiger charge is -2.05. The van der Waals surface area contributed by atoms with E-state index in [4.69, 9.17) is 0 Å². The molecular formula is C21H23N3O2. The van der Waals surface area contributed by atoms with Crippen molar-refractivity contribution in [2.24, 2.45) is 0 Å². The molecule has 0 spiro atoms. The molecule has 5 nitrogen and oxygen atoms in total. The van der Waals surface area contributed by atoms with Crippen LogP contribution < -0.4 is 10.6 Å². The van der Waals surface area contributed by atoms with Crippen molar-refractivity contribution in [1.29, 1.82) is 0 Å². The fourth-order valence-corrected chi connectivity index (χ4v) is 3.27. The first kappa shape index (κ1) is 17.7. The van der Waals surface area contributed by atoms with Crippen molar-refractivity contribution in [2.45, 2.75) is 27.7 Å². The molecule has 0 atom stereocenters. The van der Waals surface area contributed by atoms with Gasteiger partial charge in [0.25, 0.3) is 11.8 Å². The van der Waals surface area contributed by atoms with Gasteiger partial charge in [-0.25, -0.2) is 0 Å². The first-order valence-electron chi connectivity index (χ1n) is 8.59. The number of H-pyrrole nitrogens is 1. The maximum absolute atomic E-state index is 12.5. The van der Waals surface area contributed by atoms with E-state index < -0.39 is 0 Å². The Morgan fingerprint density at radius 1 is 1.23 bits per heavy atom. The predicted molar refractivity (Wildman–Crippen MR) is 106 cm³/mol. The van der Waals surface area contributed by atoms with Gasteiger partial charge < -0.3 is 15.6 Å². The monoisotopic (exact) mass is 349 g/mol. The van der Waals surface area contributed by atoms with Gasteiger partial charge in [0, 0.05) is 29.7 Å². The average molecular weight is 349 g/mol. The molecule has 0 saturated heterocycles. The van der Waals surface area contributed by atoms with Gasteiger partial charge in [0.1, 0.15) is 0 Å². The van der Waals surface area contributed by atoms with Gasteiger partial charge in [-0.05, 0) is 62.6 Å². The first-order chi connectivity index (χ1) is 12.4. The number of rotatable bonds is 3. The normalized spacial score (nSPS) is 15.2. The summed E-state index contributed by atoms with van der Waals surface area (Å²) in [6.07, 6.45) is 3.87. The molecule has 1 aromatic carbocycles. The Bertz CT molecular complexity index is 977. The number of amides is 2. The number of nitrogens with one attached hydrogen (secondary N) is 3. The van der Waals surface area contributed by atoms with Crippen LogP contribution in [0.5, 0.6) is 0 Å². The molecule has 0 unspecified atom stereocenters. The number of anilines is 1. The molecule has 0 aliphatic carbocycles. The zero-order chi connectivity index (χ0) is 19.0. The minimum absolute atomic E-state index is 0.136. The van der Waals surface area contributed by atoms with Crippen molar-refractivity contribution in [1.82, 2.24) is 10.3 Å². The van der Waals surface area contributed by atoms with E-state index in [1.165, 1.54) is 0 Å². The number of aryl methyl sites for hydroxylation is 1. The summed E-state index contributed by atoms with van der Waals surface area (Å²) >= 11 is 0. The highest BCUT2D eigenvalue weighted by molar-refractivity contribution is 6.35. The summed E-state index contributed by atoms with van der Waals surface area (Å²) in [7, 11) is 1.61. The van der Waals surface area contributed by atoms with Gasteiger partial charge >= 0.3 is 0 Å². The fourth-order valence-electron chi connectivity index (χ4n) is 3.27. The molecule has 3 rings (SSSR count). The van der Waals surface area contributed by atoms with Crippen LogP contribution in [0, 0.1) is 13.8 Å². The Balaban J connectivity index is 2.12. The van der Waals surface area contributed by atoms with Crippen LogP contribution in [-0.4, -0.2) is 23.8 Å². The minimum Gasteiger partial charge on any atom is -0.358 e. The first-order valence-corrected chi connectivity index (χ1v) is 8.59. The Morgan fingerprint density at radius 2 is 1.96 bits per heavy atom. The van der Waals surface area contributed by atoms with E-state index >= 15 is 0 Å². The average Bonchev–Trinajstić information content (AvgIpc) is 3.09. The van der Waals surface area contributed by atoms with Crippen molar-refractivity contribution in [3.05, 3.63) is 57.9 Å². The number of hydrogen-bond donors (Lipinski definition) is 3. The summed E-state index contributed by atoms with van der Waals surface area (Å²) in [5, 5.41) is 5.56. The van der Waals surface area contributed by atoms with Crippen LogP contribution in [0.4, 0.5) is 5.69 Å². The maximum atomic E-state index is 12.5. The maximum Gasteiger partial charge on any atom is 0.256 e. The second-order valence-electron chi connectivity index (χ2n) is 6.49. The molecule has 3 N–H and O–H groups in total. The van der Waals surface area contributed by atoms with Crippen LogP contribution in [0.1, 0.15) is 52.3 Å². The van der Waals surface area contributed by atoms with E-state index in [9.17, 15) is 9.59 Å². The molecule has 134 valence electrons. The molecule has 2 heterocycles. The molecular weight excluding hydrogens is 326 g/mol. The molecule has 0 saturated carbocycles. The number of aromatic amines is 1. The number of hydrogen-bond acceptors (Lipinski definition) is 2. The second-order valence-corrected chi connectivity index (χ2v) is 6.49. The Morgan fingerprint density at radius 3 is 2.62 bits per heavy atom. The van der Waals surface area contributed by atoms with Crippen molar-refractivity contribution in [3.63, 3.8) is 0 Å². The molecule has 1 aromatic heterocycles.